The fourth-order valence-corrected chi connectivity index (χ4v) is 4.93. The molecule has 7 nitrogen and oxygen atoms in total. The first-order chi connectivity index (χ1) is 10.4. The number of rotatable bonds is 2. The first-order valence-corrected chi connectivity index (χ1v) is 8.57. The summed E-state index contributed by atoms with van der Waals surface area (Å²) in [6, 6.07) is 5.48. The number of hydrogen-bond donors (Lipinski definition) is 1. The molecule has 2 aliphatic rings. The Morgan fingerprint density at radius 1 is 1.27 bits per heavy atom. The van der Waals surface area contributed by atoms with Gasteiger partial charge in [-0.2, -0.15) is 4.31 Å². The van der Waals surface area contributed by atoms with Gasteiger partial charge in [0.1, 0.15) is 17.5 Å². The van der Waals surface area contributed by atoms with Crippen LogP contribution in [-0.4, -0.2) is 43.7 Å². The number of carbonyl (C=O) groups is 2. The van der Waals surface area contributed by atoms with Gasteiger partial charge < -0.3 is 10.6 Å². The van der Waals surface area contributed by atoms with Crippen LogP contribution in [0, 0.1) is 0 Å². The number of para-hydroxylation sites is 1. The van der Waals surface area contributed by atoms with Crippen LogP contribution < -0.4 is 10.6 Å². The summed E-state index contributed by atoms with van der Waals surface area (Å²) in [5.74, 6) is -1.06. The number of sulfonamides is 1. The molecule has 0 aliphatic carbocycles. The van der Waals surface area contributed by atoms with Crippen LogP contribution in [0.1, 0.15) is 19.3 Å². The monoisotopic (exact) mass is 323 g/mol. The summed E-state index contributed by atoms with van der Waals surface area (Å²) in [5.41, 5.74) is 5.46. The van der Waals surface area contributed by atoms with E-state index >= 15 is 0 Å². The minimum absolute atomic E-state index is 0.0500. The van der Waals surface area contributed by atoms with Gasteiger partial charge in [-0.15, -0.1) is 0 Å². The van der Waals surface area contributed by atoms with E-state index in [2.05, 4.69) is 0 Å². The molecule has 8 heteroatoms. The Bertz CT molecular complexity index is 731. The van der Waals surface area contributed by atoms with E-state index in [0.717, 1.165) is 12.8 Å². The Hall–Kier alpha value is -1.93. The third-order valence-electron chi connectivity index (χ3n) is 4.06. The summed E-state index contributed by atoms with van der Waals surface area (Å²) < 4.78 is 27.0. The van der Waals surface area contributed by atoms with E-state index in [1.165, 1.54) is 21.3 Å². The first-order valence-electron chi connectivity index (χ1n) is 7.13. The standard InChI is InChI=1S/C14H17N3O4S/c15-13(18)9-16-10-5-1-2-7-12(10)22(20,21)17-8-4-3-6-11(17)14(16)19/h1-2,5,7,11H,3-4,6,8-9H2,(H2,15,18)/t11-/m0/s1. The second kappa shape index (κ2) is 5.36. The Balaban J connectivity index is 2.21. The number of nitrogens with two attached hydrogens (primary N) is 1. The van der Waals surface area contributed by atoms with Crippen molar-refractivity contribution in [2.24, 2.45) is 5.73 Å². The maximum atomic E-state index is 12.9. The summed E-state index contributed by atoms with van der Waals surface area (Å²) in [6.45, 7) is -0.00675. The molecule has 0 radical (unpaired) electrons. The number of amides is 2. The summed E-state index contributed by atoms with van der Waals surface area (Å²) in [4.78, 5) is 25.3. The smallest absolute Gasteiger partial charge is 0.245 e. The number of nitrogens with zero attached hydrogens (tertiary/aromatic N) is 2. The third kappa shape index (κ3) is 2.28. The number of benzene rings is 1. The Labute approximate surface area is 128 Å². The van der Waals surface area contributed by atoms with Crippen LogP contribution in [-0.2, 0) is 19.6 Å². The van der Waals surface area contributed by atoms with Crippen molar-refractivity contribution < 1.29 is 18.0 Å². The molecule has 1 aromatic rings. The predicted molar refractivity (Wildman–Crippen MR) is 79.5 cm³/mol. The third-order valence-corrected chi connectivity index (χ3v) is 6.02. The lowest BCUT2D eigenvalue weighted by atomic mass is 10.0. The van der Waals surface area contributed by atoms with Crippen molar-refractivity contribution in [3.05, 3.63) is 24.3 Å². The van der Waals surface area contributed by atoms with E-state index in [4.69, 9.17) is 5.73 Å². The number of fused-ring (bicyclic) bond motifs is 2. The number of hydrogen-bond acceptors (Lipinski definition) is 4. The minimum Gasteiger partial charge on any atom is -0.368 e. The van der Waals surface area contributed by atoms with Gasteiger partial charge in [0, 0.05) is 6.54 Å². The lowest BCUT2D eigenvalue weighted by Crippen LogP contribution is -2.52. The summed E-state index contributed by atoms with van der Waals surface area (Å²) >= 11 is 0. The lowest BCUT2D eigenvalue weighted by Gasteiger charge is -2.32. The van der Waals surface area contributed by atoms with Gasteiger partial charge in [-0.1, -0.05) is 18.6 Å². The molecule has 0 spiro atoms. The summed E-state index contributed by atoms with van der Waals surface area (Å²) in [5, 5.41) is 0. The van der Waals surface area contributed by atoms with Crippen LogP contribution in [0.4, 0.5) is 5.69 Å². The van der Waals surface area contributed by atoms with Crippen LogP contribution in [0.25, 0.3) is 0 Å². The molecule has 1 aromatic carbocycles. The van der Waals surface area contributed by atoms with Crippen LogP contribution in [0.3, 0.4) is 0 Å². The zero-order chi connectivity index (χ0) is 15.9. The number of piperidine rings is 1. The van der Waals surface area contributed by atoms with Crippen molar-refractivity contribution in [3.63, 3.8) is 0 Å². The zero-order valence-corrected chi connectivity index (χ0v) is 12.8. The molecular weight excluding hydrogens is 306 g/mol. The van der Waals surface area contributed by atoms with Gasteiger partial charge in [-0.05, 0) is 25.0 Å². The molecule has 2 amide bonds. The molecule has 1 fully saturated rings. The summed E-state index contributed by atoms with van der Waals surface area (Å²) in [7, 11) is -3.76. The van der Waals surface area contributed by atoms with Crippen molar-refractivity contribution in [3.8, 4) is 0 Å². The number of carbonyl (C=O) groups excluding carboxylic acids is 2. The Morgan fingerprint density at radius 2 is 2.00 bits per heavy atom. The van der Waals surface area contributed by atoms with E-state index in [1.54, 1.807) is 12.1 Å². The highest BCUT2D eigenvalue weighted by molar-refractivity contribution is 7.89. The Morgan fingerprint density at radius 3 is 2.73 bits per heavy atom. The second-order valence-electron chi connectivity index (χ2n) is 5.49. The van der Waals surface area contributed by atoms with Crippen LogP contribution in [0.5, 0.6) is 0 Å². The fraction of sp³-hybridized carbons (Fsp3) is 0.429. The van der Waals surface area contributed by atoms with Gasteiger partial charge in [-0.3, -0.25) is 9.59 Å². The van der Waals surface area contributed by atoms with Gasteiger partial charge in [0.25, 0.3) is 0 Å². The van der Waals surface area contributed by atoms with Crippen molar-refractivity contribution in [2.45, 2.75) is 30.2 Å². The van der Waals surface area contributed by atoms with Gasteiger partial charge in [0.2, 0.25) is 21.8 Å². The molecule has 0 unspecified atom stereocenters. The van der Waals surface area contributed by atoms with E-state index in [0.29, 0.717) is 13.0 Å². The average molecular weight is 323 g/mol. The fourth-order valence-electron chi connectivity index (χ4n) is 3.08. The molecule has 0 saturated carbocycles. The van der Waals surface area contributed by atoms with Crippen molar-refractivity contribution in [1.29, 1.82) is 0 Å². The lowest BCUT2D eigenvalue weighted by molar-refractivity contribution is -0.125. The van der Waals surface area contributed by atoms with Crippen molar-refractivity contribution in [1.82, 2.24) is 4.31 Å². The molecule has 2 aliphatic heterocycles. The van der Waals surface area contributed by atoms with Crippen molar-refractivity contribution in [2.75, 3.05) is 18.0 Å². The maximum absolute atomic E-state index is 12.9. The molecule has 118 valence electrons. The number of primary amides is 1. The molecule has 22 heavy (non-hydrogen) atoms. The van der Waals surface area contributed by atoms with E-state index in [1.807, 2.05) is 0 Å². The largest absolute Gasteiger partial charge is 0.368 e. The Kier molecular flexibility index (Phi) is 3.65. The molecule has 2 heterocycles. The molecule has 0 aromatic heterocycles. The molecular formula is C14H17N3O4S. The minimum atomic E-state index is -3.76. The highest BCUT2D eigenvalue weighted by Crippen LogP contribution is 2.36. The SMILES string of the molecule is NC(=O)CN1C(=O)[C@@H]2CCCCN2S(=O)(=O)c2ccccc21. The van der Waals surface area contributed by atoms with Gasteiger partial charge in [0.05, 0.1) is 5.69 Å². The first kappa shape index (κ1) is 15.0. The van der Waals surface area contributed by atoms with E-state index in [-0.39, 0.29) is 23.0 Å². The molecule has 2 N–H and O–H groups in total. The van der Waals surface area contributed by atoms with Crippen LogP contribution in [0.2, 0.25) is 0 Å². The van der Waals surface area contributed by atoms with Crippen molar-refractivity contribution >= 4 is 27.5 Å². The number of anilines is 1. The molecule has 1 atom stereocenters. The van der Waals surface area contributed by atoms with Crippen LogP contribution >= 0.6 is 0 Å². The van der Waals surface area contributed by atoms with E-state index in [9.17, 15) is 18.0 Å². The topological polar surface area (TPSA) is 101 Å². The zero-order valence-electron chi connectivity index (χ0n) is 11.9. The summed E-state index contributed by atoms with van der Waals surface area (Å²) in [6.07, 6.45) is 1.96. The van der Waals surface area contributed by atoms with Crippen LogP contribution in [0.15, 0.2) is 29.2 Å². The predicted octanol–water partition coefficient (Wildman–Crippen LogP) is 0.0617. The maximum Gasteiger partial charge on any atom is 0.245 e. The van der Waals surface area contributed by atoms with Gasteiger partial charge in [-0.25, -0.2) is 8.42 Å². The van der Waals surface area contributed by atoms with Gasteiger partial charge in [0.15, 0.2) is 0 Å². The molecule has 0 bridgehead atoms. The molecule has 1 saturated heterocycles. The van der Waals surface area contributed by atoms with Gasteiger partial charge >= 0.3 is 0 Å². The quantitative estimate of drug-likeness (QED) is 0.831. The second-order valence-corrected chi connectivity index (χ2v) is 7.34. The highest BCUT2D eigenvalue weighted by Gasteiger charge is 2.44. The highest BCUT2D eigenvalue weighted by atomic mass is 32.2. The average Bonchev–Trinajstić information content (AvgIpc) is 2.57. The molecule has 3 rings (SSSR count). The van der Waals surface area contributed by atoms with E-state index < -0.39 is 22.0 Å². The normalized spacial score (nSPS) is 24.3.